The van der Waals surface area contributed by atoms with E-state index in [0.29, 0.717) is 29.8 Å². The fourth-order valence-corrected chi connectivity index (χ4v) is 2.68. The third-order valence-corrected chi connectivity index (χ3v) is 4.46. The van der Waals surface area contributed by atoms with Gasteiger partial charge in [0.15, 0.2) is 6.61 Å². The van der Waals surface area contributed by atoms with Crippen molar-refractivity contribution in [3.8, 4) is 5.75 Å². The van der Waals surface area contributed by atoms with Crippen molar-refractivity contribution in [3.63, 3.8) is 0 Å². The second kappa shape index (κ2) is 8.77. The van der Waals surface area contributed by atoms with Gasteiger partial charge in [0.1, 0.15) is 17.2 Å². The van der Waals surface area contributed by atoms with Gasteiger partial charge in [-0.15, -0.1) is 0 Å². The minimum absolute atomic E-state index is 0.00839. The first-order chi connectivity index (χ1) is 13.4. The zero-order valence-corrected chi connectivity index (χ0v) is 16.4. The van der Waals surface area contributed by atoms with E-state index in [0.717, 1.165) is 18.4 Å². The number of carbonyl (C=O) groups excluding carboxylic acids is 2. The van der Waals surface area contributed by atoms with Gasteiger partial charge in [0.05, 0.1) is 12.6 Å². The van der Waals surface area contributed by atoms with Crippen molar-refractivity contribution in [1.29, 1.82) is 0 Å². The fraction of sp³-hybridized carbons (Fsp3) is 0.450. The molecule has 0 bridgehead atoms. The van der Waals surface area contributed by atoms with Gasteiger partial charge >= 0.3 is 6.03 Å². The predicted molar refractivity (Wildman–Crippen MR) is 103 cm³/mol. The Morgan fingerprint density at radius 2 is 2.04 bits per heavy atom. The molecule has 1 saturated carbocycles. The van der Waals surface area contributed by atoms with Crippen molar-refractivity contribution in [3.05, 3.63) is 47.3 Å². The van der Waals surface area contributed by atoms with Crippen molar-refractivity contribution in [2.75, 3.05) is 13.7 Å². The highest BCUT2D eigenvalue weighted by molar-refractivity contribution is 5.78. The van der Waals surface area contributed by atoms with E-state index in [9.17, 15) is 9.59 Å². The van der Waals surface area contributed by atoms with E-state index in [1.807, 2.05) is 26.0 Å². The topological polar surface area (TPSA) is 96.7 Å². The molecule has 0 spiro atoms. The maximum atomic E-state index is 12.4. The molecule has 8 nitrogen and oxygen atoms in total. The number of nitrogens with zero attached hydrogens (tertiary/aromatic N) is 2. The van der Waals surface area contributed by atoms with E-state index < -0.39 is 0 Å². The van der Waals surface area contributed by atoms with E-state index >= 15 is 0 Å². The molecule has 0 radical (unpaired) electrons. The van der Waals surface area contributed by atoms with Crippen LogP contribution in [0.3, 0.4) is 0 Å². The molecule has 1 fully saturated rings. The molecule has 28 heavy (non-hydrogen) atoms. The fourth-order valence-electron chi connectivity index (χ4n) is 2.68. The number of ether oxygens (including phenoxy) is 1. The molecule has 3 rings (SSSR count). The van der Waals surface area contributed by atoms with Crippen LogP contribution >= 0.6 is 0 Å². The number of hydrogen-bond donors (Lipinski definition) is 2. The van der Waals surface area contributed by atoms with Gasteiger partial charge in [-0.05, 0) is 44.4 Å². The monoisotopic (exact) mass is 386 g/mol. The van der Waals surface area contributed by atoms with Gasteiger partial charge in [0, 0.05) is 19.2 Å². The molecule has 1 heterocycles. The molecular formula is C20H26N4O4. The summed E-state index contributed by atoms with van der Waals surface area (Å²) in [5.41, 5.74) is 1.64. The second-order valence-corrected chi connectivity index (χ2v) is 7.16. The highest BCUT2D eigenvalue weighted by atomic mass is 16.5. The predicted octanol–water partition coefficient (Wildman–Crippen LogP) is 2.54. The Hall–Kier alpha value is -3.03. The van der Waals surface area contributed by atoms with Crippen molar-refractivity contribution in [1.82, 2.24) is 20.7 Å². The van der Waals surface area contributed by atoms with Crippen LogP contribution in [-0.2, 0) is 11.3 Å². The van der Waals surface area contributed by atoms with E-state index in [1.54, 1.807) is 30.1 Å². The molecule has 1 aromatic heterocycles. The summed E-state index contributed by atoms with van der Waals surface area (Å²) in [4.78, 5) is 25.6. The van der Waals surface area contributed by atoms with Gasteiger partial charge in [-0.25, -0.2) is 4.79 Å². The van der Waals surface area contributed by atoms with Crippen LogP contribution < -0.4 is 15.4 Å². The summed E-state index contributed by atoms with van der Waals surface area (Å²) in [6, 6.07) is 9.09. The number of aryl methyl sites for hydroxylation is 1. The molecule has 1 aliphatic rings. The summed E-state index contributed by atoms with van der Waals surface area (Å²) in [5.74, 6) is 1.23. The van der Waals surface area contributed by atoms with Crippen LogP contribution in [-0.4, -0.2) is 41.7 Å². The van der Waals surface area contributed by atoms with E-state index in [4.69, 9.17) is 9.26 Å². The van der Waals surface area contributed by atoms with Crippen LogP contribution in [0, 0.1) is 6.92 Å². The van der Waals surface area contributed by atoms with Crippen LogP contribution in [0.4, 0.5) is 4.79 Å². The summed E-state index contributed by atoms with van der Waals surface area (Å²) in [6.45, 7) is 4.09. The molecular weight excluding hydrogens is 360 g/mol. The normalized spacial score (nSPS) is 14.2. The van der Waals surface area contributed by atoms with Crippen molar-refractivity contribution >= 4 is 11.9 Å². The van der Waals surface area contributed by atoms with Crippen LogP contribution in [0.5, 0.6) is 5.75 Å². The average Bonchev–Trinajstić information content (AvgIpc) is 3.39. The van der Waals surface area contributed by atoms with Crippen molar-refractivity contribution < 1.29 is 18.8 Å². The Morgan fingerprint density at radius 1 is 1.32 bits per heavy atom. The molecule has 8 heteroatoms. The first-order valence-corrected chi connectivity index (χ1v) is 9.36. The molecule has 0 aliphatic heterocycles. The molecule has 1 aliphatic carbocycles. The number of aromatic nitrogens is 1. The Kier molecular flexibility index (Phi) is 6.18. The molecule has 1 aromatic carbocycles. The standard InChI is InChI=1S/C20H26N4O4/c1-13-10-17(23-28-13)11-24(3)20(26)21-14(2)15-4-8-18(9-5-15)27-12-19(25)22-16-6-7-16/h4-5,8-10,14,16H,6-7,11-12H2,1-3H3,(H,21,26)(H,22,25). The molecule has 2 aromatic rings. The Bertz CT molecular complexity index is 814. The lowest BCUT2D eigenvalue weighted by molar-refractivity contribution is -0.123. The highest BCUT2D eigenvalue weighted by Gasteiger charge is 2.23. The van der Waals surface area contributed by atoms with Gasteiger partial charge in [-0.2, -0.15) is 0 Å². The lowest BCUT2D eigenvalue weighted by Gasteiger charge is -2.21. The molecule has 1 atom stereocenters. The Morgan fingerprint density at radius 3 is 2.64 bits per heavy atom. The summed E-state index contributed by atoms with van der Waals surface area (Å²) in [7, 11) is 1.70. The lowest BCUT2D eigenvalue weighted by atomic mass is 10.1. The number of carbonyl (C=O) groups is 2. The minimum Gasteiger partial charge on any atom is -0.484 e. The Labute approximate surface area is 164 Å². The van der Waals surface area contributed by atoms with Gasteiger partial charge in [0.25, 0.3) is 5.91 Å². The number of amides is 3. The summed E-state index contributed by atoms with van der Waals surface area (Å²) in [6.07, 6.45) is 2.11. The van der Waals surface area contributed by atoms with E-state index in [2.05, 4.69) is 15.8 Å². The number of hydrogen-bond acceptors (Lipinski definition) is 5. The third kappa shape index (κ3) is 5.73. The summed E-state index contributed by atoms with van der Waals surface area (Å²) in [5, 5.41) is 9.72. The quantitative estimate of drug-likeness (QED) is 0.727. The summed E-state index contributed by atoms with van der Waals surface area (Å²) >= 11 is 0. The summed E-state index contributed by atoms with van der Waals surface area (Å²) < 4.78 is 10.5. The highest BCUT2D eigenvalue weighted by Crippen LogP contribution is 2.19. The first-order valence-electron chi connectivity index (χ1n) is 9.36. The van der Waals surface area contributed by atoms with E-state index in [-0.39, 0.29) is 24.6 Å². The number of nitrogens with one attached hydrogen (secondary N) is 2. The SMILES string of the molecule is Cc1cc(CN(C)C(=O)NC(C)c2ccc(OCC(=O)NC3CC3)cc2)no1. The zero-order chi connectivity index (χ0) is 20.1. The van der Waals surface area contributed by atoms with Gasteiger partial charge < -0.3 is 24.8 Å². The van der Waals surface area contributed by atoms with Crippen molar-refractivity contribution in [2.45, 2.75) is 45.3 Å². The van der Waals surface area contributed by atoms with Crippen LogP contribution in [0.2, 0.25) is 0 Å². The third-order valence-electron chi connectivity index (χ3n) is 4.46. The van der Waals surface area contributed by atoms with E-state index in [1.165, 1.54) is 0 Å². The molecule has 0 saturated heterocycles. The number of benzene rings is 1. The smallest absolute Gasteiger partial charge is 0.317 e. The minimum atomic E-state index is -0.203. The maximum absolute atomic E-state index is 12.4. The van der Waals surface area contributed by atoms with Crippen molar-refractivity contribution in [2.24, 2.45) is 0 Å². The largest absolute Gasteiger partial charge is 0.484 e. The molecule has 2 N–H and O–H groups in total. The number of urea groups is 1. The Balaban J connectivity index is 1.45. The first kappa shape index (κ1) is 19.7. The van der Waals surface area contributed by atoms with Gasteiger partial charge in [-0.1, -0.05) is 17.3 Å². The van der Waals surface area contributed by atoms with Crippen LogP contribution in [0.1, 0.15) is 42.8 Å². The molecule has 3 amide bonds. The van der Waals surface area contributed by atoms with Crippen LogP contribution in [0.25, 0.3) is 0 Å². The van der Waals surface area contributed by atoms with Crippen LogP contribution in [0.15, 0.2) is 34.9 Å². The second-order valence-electron chi connectivity index (χ2n) is 7.16. The zero-order valence-electron chi connectivity index (χ0n) is 16.4. The van der Waals surface area contributed by atoms with Gasteiger partial charge in [-0.3, -0.25) is 4.79 Å². The number of rotatable bonds is 8. The maximum Gasteiger partial charge on any atom is 0.317 e. The molecule has 150 valence electrons. The average molecular weight is 386 g/mol. The van der Waals surface area contributed by atoms with Gasteiger partial charge in [0.2, 0.25) is 0 Å². The molecule has 1 unspecified atom stereocenters. The lowest BCUT2D eigenvalue weighted by Crippen LogP contribution is -2.38.